The molecule has 16 heavy (non-hydrogen) atoms. The fourth-order valence-corrected chi connectivity index (χ4v) is 1.48. The highest BCUT2D eigenvalue weighted by atomic mass is 35.5. The van der Waals surface area contributed by atoms with Crippen LogP contribution in [0.15, 0.2) is 18.6 Å². The SMILES string of the molecule is Cc1c(CNc2cncc(Cl)n2)cnn1C. The summed E-state index contributed by atoms with van der Waals surface area (Å²) in [6, 6.07) is 0. The van der Waals surface area contributed by atoms with Crippen LogP contribution in [-0.2, 0) is 13.6 Å². The Morgan fingerprint density at radius 1 is 1.38 bits per heavy atom. The van der Waals surface area contributed by atoms with E-state index < -0.39 is 0 Å². The molecule has 0 amide bonds. The predicted octanol–water partition coefficient (Wildman–Crippen LogP) is 1.78. The molecular formula is C10H12ClN5. The average molecular weight is 238 g/mol. The van der Waals surface area contributed by atoms with Crippen molar-refractivity contribution in [1.82, 2.24) is 19.7 Å². The van der Waals surface area contributed by atoms with Crippen molar-refractivity contribution in [3.05, 3.63) is 35.0 Å². The molecule has 0 aliphatic heterocycles. The number of halogens is 1. The van der Waals surface area contributed by atoms with E-state index in [1.54, 1.807) is 6.20 Å². The number of rotatable bonds is 3. The Balaban J connectivity index is 2.05. The molecule has 0 saturated heterocycles. The largest absolute Gasteiger partial charge is 0.365 e. The molecule has 0 bridgehead atoms. The van der Waals surface area contributed by atoms with Gasteiger partial charge < -0.3 is 5.32 Å². The summed E-state index contributed by atoms with van der Waals surface area (Å²) in [7, 11) is 1.91. The van der Waals surface area contributed by atoms with E-state index in [1.165, 1.54) is 6.20 Å². The quantitative estimate of drug-likeness (QED) is 0.884. The van der Waals surface area contributed by atoms with E-state index in [1.807, 2.05) is 24.9 Å². The third-order valence-electron chi connectivity index (χ3n) is 2.40. The van der Waals surface area contributed by atoms with Crippen molar-refractivity contribution >= 4 is 17.4 Å². The van der Waals surface area contributed by atoms with Crippen LogP contribution in [0.2, 0.25) is 5.15 Å². The van der Waals surface area contributed by atoms with E-state index in [0.29, 0.717) is 17.5 Å². The van der Waals surface area contributed by atoms with Gasteiger partial charge in [0.1, 0.15) is 11.0 Å². The van der Waals surface area contributed by atoms with Crippen molar-refractivity contribution in [3.63, 3.8) is 0 Å². The highest BCUT2D eigenvalue weighted by Crippen LogP contribution is 2.10. The molecule has 0 atom stereocenters. The van der Waals surface area contributed by atoms with Gasteiger partial charge in [-0.25, -0.2) is 4.98 Å². The van der Waals surface area contributed by atoms with E-state index in [-0.39, 0.29) is 0 Å². The number of anilines is 1. The van der Waals surface area contributed by atoms with Gasteiger partial charge in [-0.1, -0.05) is 11.6 Å². The smallest absolute Gasteiger partial charge is 0.149 e. The molecular weight excluding hydrogens is 226 g/mol. The Labute approximate surface area is 98.5 Å². The summed E-state index contributed by atoms with van der Waals surface area (Å²) in [6.45, 7) is 2.68. The molecule has 0 fully saturated rings. The van der Waals surface area contributed by atoms with Gasteiger partial charge >= 0.3 is 0 Å². The normalized spacial score (nSPS) is 10.4. The molecule has 2 rings (SSSR count). The monoisotopic (exact) mass is 237 g/mol. The molecule has 2 aromatic heterocycles. The van der Waals surface area contributed by atoms with Gasteiger partial charge in [0.2, 0.25) is 0 Å². The standard InChI is InChI=1S/C10H12ClN5/c1-7-8(4-14-16(7)2)3-13-10-6-12-5-9(11)15-10/h4-6H,3H2,1-2H3,(H,13,15). The fourth-order valence-electron chi connectivity index (χ4n) is 1.33. The Morgan fingerprint density at radius 3 is 2.81 bits per heavy atom. The van der Waals surface area contributed by atoms with Crippen LogP contribution >= 0.6 is 11.6 Å². The van der Waals surface area contributed by atoms with E-state index in [9.17, 15) is 0 Å². The van der Waals surface area contributed by atoms with Crippen molar-refractivity contribution in [2.75, 3.05) is 5.32 Å². The van der Waals surface area contributed by atoms with Gasteiger partial charge in [-0.05, 0) is 6.92 Å². The molecule has 0 spiro atoms. The third kappa shape index (κ3) is 2.30. The first-order chi connectivity index (χ1) is 7.66. The van der Waals surface area contributed by atoms with E-state index in [0.717, 1.165) is 11.3 Å². The zero-order chi connectivity index (χ0) is 11.5. The van der Waals surface area contributed by atoms with Gasteiger partial charge in [0.25, 0.3) is 0 Å². The molecule has 2 aromatic rings. The van der Waals surface area contributed by atoms with Gasteiger partial charge in [-0.15, -0.1) is 0 Å². The van der Waals surface area contributed by atoms with Crippen LogP contribution in [0.5, 0.6) is 0 Å². The summed E-state index contributed by atoms with van der Waals surface area (Å²) in [5.74, 6) is 0.663. The number of aromatic nitrogens is 4. The number of hydrogen-bond acceptors (Lipinski definition) is 4. The minimum atomic E-state index is 0.382. The highest BCUT2D eigenvalue weighted by molar-refractivity contribution is 6.29. The number of hydrogen-bond donors (Lipinski definition) is 1. The van der Waals surface area contributed by atoms with Crippen molar-refractivity contribution in [1.29, 1.82) is 0 Å². The number of nitrogens with zero attached hydrogens (tertiary/aromatic N) is 4. The summed E-state index contributed by atoms with van der Waals surface area (Å²) < 4.78 is 1.83. The second kappa shape index (κ2) is 4.49. The molecule has 5 nitrogen and oxygen atoms in total. The molecule has 84 valence electrons. The second-order valence-corrected chi connectivity index (χ2v) is 3.85. The molecule has 6 heteroatoms. The molecule has 0 aromatic carbocycles. The van der Waals surface area contributed by atoms with Crippen LogP contribution in [0.3, 0.4) is 0 Å². The molecule has 0 saturated carbocycles. The zero-order valence-electron chi connectivity index (χ0n) is 9.11. The van der Waals surface area contributed by atoms with Crippen LogP contribution in [0.25, 0.3) is 0 Å². The maximum atomic E-state index is 5.73. The topological polar surface area (TPSA) is 55.6 Å². The number of nitrogens with one attached hydrogen (secondary N) is 1. The second-order valence-electron chi connectivity index (χ2n) is 3.46. The molecule has 0 aliphatic carbocycles. The Bertz CT molecular complexity index is 494. The van der Waals surface area contributed by atoms with Gasteiger partial charge in [0, 0.05) is 24.8 Å². The predicted molar refractivity (Wildman–Crippen MR) is 62.3 cm³/mol. The van der Waals surface area contributed by atoms with Crippen LogP contribution in [0.1, 0.15) is 11.3 Å². The first-order valence-corrected chi connectivity index (χ1v) is 5.23. The Morgan fingerprint density at radius 2 is 2.19 bits per heavy atom. The van der Waals surface area contributed by atoms with Crippen molar-refractivity contribution in [2.45, 2.75) is 13.5 Å². The van der Waals surface area contributed by atoms with E-state index in [4.69, 9.17) is 11.6 Å². The zero-order valence-corrected chi connectivity index (χ0v) is 9.86. The van der Waals surface area contributed by atoms with Crippen LogP contribution in [0.4, 0.5) is 5.82 Å². The molecule has 0 radical (unpaired) electrons. The lowest BCUT2D eigenvalue weighted by Gasteiger charge is -2.04. The lowest BCUT2D eigenvalue weighted by Crippen LogP contribution is -2.03. The van der Waals surface area contributed by atoms with Crippen molar-refractivity contribution < 1.29 is 0 Å². The van der Waals surface area contributed by atoms with Crippen LogP contribution < -0.4 is 5.32 Å². The van der Waals surface area contributed by atoms with Gasteiger partial charge in [-0.3, -0.25) is 9.67 Å². The molecule has 1 N–H and O–H groups in total. The third-order valence-corrected chi connectivity index (χ3v) is 2.58. The molecule has 0 aliphatic rings. The van der Waals surface area contributed by atoms with Crippen LogP contribution in [-0.4, -0.2) is 19.7 Å². The summed E-state index contributed by atoms with van der Waals surface area (Å²) in [5, 5.41) is 7.69. The Kier molecular flexibility index (Phi) is 3.05. The average Bonchev–Trinajstić information content (AvgIpc) is 2.57. The summed E-state index contributed by atoms with van der Waals surface area (Å²) in [5.41, 5.74) is 2.26. The molecule has 0 unspecified atom stereocenters. The summed E-state index contributed by atoms with van der Waals surface area (Å²) >= 11 is 5.73. The van der Waals surface area contributed by atoms with Gasteiger partial charge in [-0.2, -0.15) is 5.10 Å². The lowest BCUT2D eigenvalue weighted by molar-refractivity contribution is 0.738. The molecule has 2 heterocycles. The highest BCUT2D eigenvalue weighted by Gasteiger charge is 2.03. The summed E-state index contributed by atoms with van der Waals surface area (Å²) in [6.07, 6.45) is 4.97. The lowest BCUT2D eigenvalue weighted by atomic mass is 10.2. The number of aryl methyl sites for hydroxylation is 1. The first-order valence-electron chi connectivity index (χ1n) is 4.85. The fraction of sp³-hybridized carbons (Fsp3) is 0.300. The van der Waals surface area contributed by atoms with Crippen LogP contribution in [0, 0.1) is 6.92 Å². The van der Waals surface area contributed by atoms with Gasteiger partial charge in [0.15, 0.2) is 0 Å². The van der Waals surface area contributed by atoms with Gasteiger partial charge in [0.05, 0.1) is 18.6 Å². The maximum Gasteiger partial charge on any atom is 0.149 e. The first kappa shape index (κ1) is 10.9. The van der Waals surface area contributed by atoms with Crippen molar-refractivity contribution in [3.8, 4) is 0 Å². The van der Waals surface area contributed by atoms with Crippen molar-refractivity contribution in [2.24, 2.45) is 7.05 Å². The Hall–Kier alpha value is -1.62. The maximum absolute atomic E-state index is 5.73. The van der Waals surface area contributed by atoms with E-state index >= 15 is 0 Å². The minimum Gasteiger partial charge on any atom is -0.365 e. The van der Waals surface area contributed by atoms with E-state index in [2.05, 4.69) is 20.4 Å². The summed E-state index contributed by atoms with van der Waals surface area (Å²) in [4.78, 5) is 8.04. The minimum absolute atomic E-state index is 0.382.